The van der Waals surface area contributed by atoms with Crippen molar-refractivity contribution >= 4 is 15.7 Å². The van der Waals surface area contributed by atoms with Crippen LogP contribution in [-0.2, 0) is 10.0 Å². The van der Waals surface area contributed by atoms with E-state index in [0.717, 1.165) is 29.8 Å². The van der Waals surface area contributed by atoms with Gasteiger partial charge in [-0.05, 0) is 56.5 Å². The first-order chi connectivity index (χ1) is 9.72. The Bertz CT molecular complexity index is 533. The Morgan fingerprint density at radius 3 is 2.19 bits per heavy atom. The highest BCUT2D eigenvalue weighted by atomic mass is 32.2. The number of nitrogens with zero attached hydrogens (tertiary/aromatic N) is 1. The van der Waals surface area contributed by atoms with E-state index < -0.39 is 10.0 Å². The molecule has 1 aromatic rings. The minimum absolute atomic E-state index is 0.191. The predicted octanol–water partition coefficient (Wildman–Crippen LogP) is 2.85. The van der Waals surface area contributed by atoms with E-state index in [1.807, 2.05) is 32.0 Å². The van der Waals surface area contributed by atoms with Gasteiger partial charge in [0.05, 0.1) is 11.4 Å². The van der Waals surface area contributed by atoms with Crippen molar-refractivity contribution in [3.05, 3.63) is 29.3 Å². The highest BCUT2D eigenvalue weighted by Crippen LogP contribution is 2.20. The van der Waals surface area contributed by atoms with Crippen LogP contribution in [0.5, 0.6) is 0 Å². The Morgan fingerprint density at radius 1 is 1.10 bits per heavy atom. The quantitative estimate of drug-likeness (QED) is 0.751. The molecule has 0 unspecified atom stereocenters. The van der Waals surface area contributed by atoms with Gasteiger partial charge in [-0.2, -0.15) is 0 Å². The van der Waals surface area contributed by atoms with Crippen LogP contribution in [0, 0.1) is 13.8 Å². The fourth-order valence-corrected chi connectivity index (χ4v) is 3.50. The van der Waals surface area contributed by atoms with Crippen LogP contribution in [-0.4, -0.2) is 33.8 Å². The van der Waals surface area contributed by atoms with Crippen LogP contribution >= 0.6 is 0 Å². The third-order valence-corrected chi connectivity index (χ3v) is 5.22. The van der Waals surface area contributed by atoms with Crippen LogP contribution in [0.4, 0.5) is 5.69 Å². The maximum atomic E-state index is 12.4. The van der Waals surface area contributed by atoms with E-state index in [1.54, 1.807) is 7.05 Å². The first-order valence-electron chi connectivity index (χ1n) is 7.50. The summed E-state index contributed by atoms with van der Waals surface area (Å²) in [6.45, 7) is 9.00. The van der Waals surface area contributed by atoms with E-state index in [0.29, 0.717) is 12.5 Å². The maximum absolute atomic E-state index is 12.4. The Hall–Kier alpha value is -1.07. The summed E-state index contributed by atoms with van der Waals surface area (Å²) >= 11 is 0. The summed E-state index contributed by atoms with van der Waals surface area (Å²) in [5.74, 6) is 0.191. The second-order valence-corrected chi connectivity index (χ2v) is 8.07. The van der Waals surface area contributed by atoms with Crippen LogP contribution in [0.25, 0.3) is 0 Å². The molecule has 0 aromatic heterocycles. The lowest BCUT2D eigenvalue weighted by Gasteiger charge is -2.20. The average Bonchev–Trinajstić information content (AvgIpc) is 2.35. The lowest BCUT2D eigenvalue weighted by molar-refractivity contribution is 0.559. The molecular weight excluding hydrogens is 284 g/mol. The van der Waals surface area contributed by atoms with Gasteiger partial charge < -0.3 is 5.32 Å². The van der Waals surface area contributed by atoms with Gasteiger partial charge in [-0.3, -0.25) is 4.31 Å². The second-order valence-electron chi connectivity index (χ2n) is 5.95. The molecule has 0 amide bonds. The zero-order chi connectivity index (χ0) is 16.0. The molecule has 1 rings (SSSR count). The zero-order valence-corrected chi connectivity index (χ0v) is 14.6. The molecule has 0 bridgehead atoms. The number of benzene rings is 1. The third-order valence-electron chi connectivity index (χ3n) is 3.37. The summed E-state index contributed by atoms with van der Waals surface area (Å²) in [5.41, 5.74) is 2.90. The maximum Gasteiger partial charge on any atom is 0.234 e. The lowest BCUT2D eigenvalue weighted by Crippen LogP contribution is -2.30. The number of nitrogens with one attached hydrogen (secondary N) is 1. The standard InChI is InChI=1S/C16H28N2O2S/c1-13(2)17-8-6-7-9-21(19,20)18(5)16-11-14(3)10-15(4)12-16/h10-13,17H,6-9H2,1-5H3. The van der Waals surface area contributed by atoms with E-state index >= 15 is 0 Å². The first-order valence-corrected chi connectivity index (χ1v) is 9.11. The molecule has 0 radical (unpaired) electrons. The normalized spacial score (nSPS) is 11.9. The number of unbranched alkanes of at least 4 members (excludes halogenated alkanes) is 1. The summed E-state index contributed by atoms with van der Waals surface area (Å²) in [6.07, 6.45) is 1.55. The van der Waals surface area contributed by atoms with Crippen molar-refractivity contribution in [1.82, 2.24) is 5.32 Å². The lowest BCUT2D eigenvalue weighted by atomic mass is 10.1. The molecule has 1 N–H and O–H groups in total. The van der Waals surface area contributed by atoms with Gasteiger partial charge in [-0.1, -0.05) is 19.9 Å². The van der Waals surface area contributed by atoms with Crippen molar-refractivity contribution in [3.63, 3.8) is 0 Å². The Labute approximate surface area is 129 Å². The van der Waals surface area contributed by atoms with E-state index in [4.69, 9.17) is 0 Å². The van der Waals surface area contributed by atoms with E-state index in [-0.39, 0.29) is 5.75 Å². The van der Waals surface area contributed by atoms with Crippen molar-refractivity contribution in [3.8, 4) is 0 Å². The Morgan fingerprint density at radius 2 is 1.67 bits per heavy atom. The van der Waals surface area contributed by atoms with Crippen LogP contribution < -0.4 is 9.62 Å². The molecule has 4 nitrogen and oxygen atoms in total. The van der Waals surface area contributed by atoms with Crippen molar-refractivity contribution in [2.24, 2.45) is 0 Å². The van der Waals surface area contributed by atoms with E-state index in [2.05, 4.69) is 19.2 Å². The number of hydrogen-bond acceptors (Lipinski definition) is 3. The van der Waals surface area contributed by atoms with Crippen molar-refractivity contribution in [1.29, 1.82) is 0 Å². The van der Waals surface area contributed by atoms with Gasteiger partial charge in [0.1, 0.15) is 0 Å². The summed E-state index contributed by atoms with van der Waals surface area (Å²) in [4.78, 5) is 0. The Kier molecular flexibility index (Phi) is 6.68. The van der Waals surface area contributed by atoms with Gasteiger partial charge in [-0.25, -0.2) is 8.42 Å². The highest BCUT2D eigenvalue weighted by molar-refractivity contribution is 7.92. The third kappa shape index (κ3) is 6.06. The smallest absolute Gasteiger partial charge is 0.234 e. The molecule has 120 valence electrons. The topological polar surface area (TPSA) is 49.4 Å². The number of anilines is 1. The molecule has 0 spiro atoms. The molecule has 5 heteroatoms. The Balaban J connectivity index is 2.60. The molecule has 0 saturated heterocycles. The molecule has 0 saturated carbocycles. The monoisotopic (exact) mass is 312 g/mol. The second kappa shape index (κ2) is 7.80. The van der Waals surface area contributed by atoms with Crippen LogP contribution in [0.15, 0.2) is 18.2 Å². The molecule has 1 aromatic carbocycles. The molecule has 0 atom stereocenters. The fourth-order valence-electron chi connectivity index (χ4n) is 2.23. The van der Waals surface area contributed by atoms with Crippen molar-refractivity contribution in [2.45, 2.75) is 46.6 Å². The van der Waals surface area contributed by atoms with Gasteiger partial charge in [0.25, 0.3) is 0 Å². The number of aryl methyl sites for hydroxylation is 2. The van der Waals surface area contributed by atoms with Crippen LogP contribution in [0.3, 0.4) is 0 Å². The van der Waals surface area contributed by atoms with Gasteiger partial charge >= 0.3 is 0 Å². The molecule has 0 aliphatic carbocycles. The summed E-state index contributed by atoms with van der Waals surface area (Å²) < 4.78 is 26.1. The van der Waals surface area contributed by atoms with Gasteiger partial charge in [0.2, 0.25) is 10.0 Å². The molecule has 0 aliphatic heterocycles. The highest BCUT2D eigenvalue weighted by Gasteiger charge is 2.18. The SMILES string of the molecule is Cc1cc(C)cc(N(C)S(=O)(=O)CCCCNC(C)C)c1. The minimum Gasteiger partial charge on any atom is -0.315 e. The first kappa shape index (κ1) is 18.0. The minimum atomic E-state index is -3.24. The predicted molar refractivity (Wildman–Crippen MR) is 90.5 cm³/mol. The summed E-state index contributed by atoms with van der Waals surface area (Å²) in [5, 5.41) is 3.30. The average molecular weight is 312 g/mol. The van der Waals surface area contributed by atoms with Crippen molar-refractivity contribution < 1.29 is 8.42 Å². The van der Waals surface area contributed by atoms with Crippen LogP contribution in [0.2, 0.25) is 0 Å². The molecule has 0 aliphatic rings. The zero-order valence-electron chi connectivity index (χ0n) is 13.8. The molecule has 0 fully saturated rings. The molecule has 21 heavy (non-hydrogen) atoms. The van der Waals surface area contributed by atoms with Crippen molar-refractivity contribution in [2.75, 3.05) is 23.7 Å². The molecular formula is C16H28N2O2S. The fraction of sp³-hybridized carbons (Fsp3) is 0.625. The van der Waals surface area contributed by atoms with E-state index in [9.17, 15) is 8.42 Å². The summed E-state index contributed by atoms with van der Waals surface area (Å²) in [6, 6.07) is 6.30. The van der Waals surface area contributed by atoms with Crippen LogP contribution in [0.1, 0.15) is 37.8 Å². The number of hydrogen-bond donors (Lipinski definition) is 1. The summed E-state index contributed by atoms with van der Waals surface area (Å²) in [7, 11) is -1.61. The van der Waals surface area contributed by atoms with Gasteiger partial charge in [0.15, 0.2) is 0 Å². The van der Waals surface area contributed by atoms with E-state index in [1.165, 1.54) is 4.31 Å². The molecule has 0 heterocycles. The van der Waals surface area contributed by atoms with Gasteiger partial charge in [0, 0.05) is 13.1 Å². The van der Waals surface area contributed by atoms with Gasteiger partial charge in [-0.15, -0.1) is 0 Å². The largest absolute Gasteiger partial charge is 0.315 e. The number of rotatable bonds is 8. The number of sulfonamides is 1.